The Morgan fingerprint density at radius 1 is 1.10 bits per heavy atom. The van der Waals surface area contributed by atoms with Gasteiger partial charge >= 0.3 is 5.97 Å². The third-order valence-corrected chi connectivity index (χ3v) is 5.76. The van der Waals surface area contributed by atoms with Crippen LogP contribution in [0.1, 0.15) is 47.3 Å². The van der Waals surface area contributed by atoms with Gasteiger partial charge in [-0.1, -0.05) is 29.8 Å². The minimum Gasteiger partial charge on any atom is -0.497 e. The summed E-state index contributed by atoms with van der Waals surface area (Å²) in [7, 11) is 1.65. The first-order chi connectivity index (χ1) is 15.1. The maximum atomic E-state index is 13.2. The number of piperidine rings is 1. The van der Waals surface area contributed by atoms with Crippen LogP contribution in [0.25, 0.3) is 16.9 Å². The Kier molecular flexibility index (Phi) is 6.37. The zero-order valence-electron chi connectivity index (χ0n) is 18.4. The summed E-state index contributed by atoms with van der Waals surface area (Å²) in [5.74, 6) is 0.674. The van der Waals surface area contributed by atoms with Crippen LogP contribution in [0.3, 0.4) is 0 Å². The number of hydrogen-bond acceptors (Lipinski definition) is 5. The molecule has 1 aliphatic rings. The zero-order valence-corrected chi connectivity index (χ0v) is 18.4. The van der Waals surface area contributed by atoms with E-state index in [2.05, 4.69) is 24.4 Å². The molecule has 1 N–H and O–H groups in total. The predicted octanol–water partition coefficient (Wildman–Crippen LogP) is 4.50. The molecule has 1 aromatic heterocycles. The van der Waals surface area contributed by atoms with E-state index < -0.39 is 0 Å². The number of ether oxygens (including phenoxy) is 2. The van der Waals surface area contributed by atoms with Crippen molar-refractivity contribution in [2.24, 2.45) is 0 Å². The number of hydrogen-bond donors (Lipinski definition) is 1. The zero-order chi connectivity index (χ0) is 21.8. The topological polar surface area (TPSA) is 65.4 Å². The highest BCUT2D eigenvalue weighted by molar-refractivity contribution is 5.98. The van der Waals surface area contributed by atoms with E-state index in [0.717, 1.165) is 59.9 Å². The van der Waals surface area contributed by atoms with E-state index in [9.17, 15) is 4.79 Å². The first-order valence-corrected chi connectivity index (χ1v) is 10.8. The van der Waals surface area contributed by atoms with Crippen molar-refractivity contribution in [3.05, 3.63) is 65.4 Å². The van der Waals surface area contributed by atoms with Gasteiger partial charge < -0.3 is 14.8 Å². The second-order valence-electron chi connectivity index (χ2n) is 7.83. The van der Waals surface area contributed by atoms with Crippen LogP contribution in [0.2, 0.25) is 0 Å². The molecule has 0 spiro atoms. The van der Waals surface area contributed by atoms with Crippen molar-refractivity contribution < 1.29 is 14.3 Å². The van der Waals surface area contributed by atoms with Crippen LogP contribution in [0.5, 0.6) is 5.75 Å². The van der Waals surface area contributed by atoms with Crippen molar-refractivity contribution in [1.29, 1.82) is 0 Å². The summed E-state index contributed by atoms with van der Waals surface area (Å²) in [6, 6.07) is 15.9. The number of aromatic nitrogens is 2. The highest BCUT2D eigenvalue weighted by atomic mass is 16.5. The number of benzene rings is 2. The molecule has 0 saturated carbocycles. The number of esters is 1. The van der Waals surface area contributed by atoms with Crippen molar-refractivity contribution in [2.45, 2.75) is 32.6 Å². The normalized spacial score (nSPS) is 14.4. The van der Waals surface area contributed by atoms with Crippen molar-refractivity contribution >= 4 is 5.97 Å². The van der Waals surface area contributed by atoms with Gasteiger partial charge in [-0.3, -0.25) is 0 Å². The average molecular weight is 420 g/mol. The average Bonchev–Trinajstić information content (AvgIpc) is 3.21. The molecular formula is C25H29N3O3. The van der Waals surface area contributed by atoms with Gasteiger partial charge in [0.25, 0.3) is 0 Å². The van der Waals surface area contributed by atoms with Gasteiger partial charge in [0.2, 0.25) is 0 Å². The fourth-order valence-electron chi connectivity index (χ4n) is 4.11. The van der Waals surface area contributed by atoms with Gasteiger partial charge in [-0.25, -0.2) is 9.48 Å². The maximum absolute atomic E-state index is 13.2. The molecule has 6 heteroatoms. The van der Waals surface area contributed by atoms with Crippen LogP contribution in [-0.2, 0) is 4.74 Å². The van der Waals surface area contributed by atoms with E-state index in [1.54, 1.807) is 7.11 Å². The molecule has 0 bridgehead atoms. The number of carbonyl (C=O) groups is 1. The van der Waals surface area contributed by atoms with E-state index in [0.29, 0.717) is 12.2 Å². The van der Waals surface area contributed by atoms with E-state index in [1.165, 1.54) is 0 Å². The third-order valence-electron chi connectivity index (χ3n) is 5.76. The Labute approximate surface area is 183 Å². The molecule has 31 heavy (non-hydrogen) atoms. The van der Waals surface area contributed by atoms with Crippen molar-refractivity contribution in [2.75, 3.05) is 26.8 Å². The van der Waals surface area contributed by atoms with Crippen molar-refractivity contribution in [1.82, 2.24) is 15.1 Å². The predicted molar refractivity (Wildman–Crippen MR) is 121 cm³/mol. The Morgan fingerprint density at radius 3 is 2.39 bits per heavy atom. The lowest BCUT2D eigenvalue weighted by Gasteiger charge is -2.21. The van der Waals surface area contributed by atoms with Crippen molar-refractivity contribution in [3.63, 3.8) is 0 Å². The smallest absolute Gasteiger partial charge is 0.342 e. The van der Waals surface area contributed by atoms with Crippen LogP contribution in [0.4, 0.5) is 0 Å². The quantitative estimate of drug-likeness (QED) is 0.596. The molecule has 0 atom stereocenters. The van der Waals surface area contributed by atoms with Crippen LogP contribution in [-0.4, -0.2) is 42.6 Å². The van der Waals surface area contributed by atoms with Gasteiger partial charge in [0.1, 0.15) is 11.3 Å². The summed E-state index contributed by atoms with van der Waals surface area (Å²) < 4.78 is 12.7. The summed E-state index contributed by atoms with van der Waals surface area (Å²) in [6.07, 6.45) is 1.89. The first-order valence-electron chi connectivity index (χ1n) is 10.8. The standard InChI is InChI=1S/C25H29N3O3/c1-4-31-25(29)22-23(18-13-15-26-16-14-18)27-28(20-9-11-21(30-3)12-10-20)24(22)19-7-5-17(2)6-8-19/h5-12,18,26H,4,13-16H2,1-3H3. The van der Waals surface area contributed by atoms with Crippen LogP contribution in [0.15, 0.2) is 48.5 Å². The fourth-order valence-corrected chi connectivity index (χ4v) is 4.11. The molecule has 162 valence electrons. The number of methoxy groups -OCH3 is 1. The number of rotatable bonds is 6. The molecule has 1 fully saturated rings. The fraction of sp³-hybridized carbons (Fsp3) is 0.360. The third kappa shape index (κ3) is 4.35. The highest BCUT2D eigenvalue weighted by Crippen LogP contribution is 2.36. The Bertz CT molecular complexity index is 1030. The summed E-state index contributed by atoms with van der Waals surface area (Å²) in [6.45, 7) is 6.05. The molecule has 0 radical (unpaired) electrons. The largest absolute Gasteiger partial charge is 0.497 e. The summed E-state index contributed by atoms with van der Waals surface area (Å²) in [5, 5.41) is 8.41. The van der Waals surface area contributed by atoms with Crippen LogP contribution < -0.4 is 10.1 Å². The molecule has 0 unspecified atom stereocenters. The number of nitrogens with one attached hydrogen (secondary N) is 1. The molecule has 3 aromatic rings. The second-order valence-corrected chi connectivity index (χ2v) is 7.83. The Morgan fingerprint density at radius 2 is 1.77 bits per heavy atom. The molecule has 0 aliphatic carbocycles. The minimum absolute atomic E-state index is 0.212. The molecule has 0 amide bonds. The Hall–Kier alpha value is -3.12. The van der Waals surface area contributed by atoms with Crippen LogP contribution in [0, 0.1) is 6.92 Å². The van der Waals surface area contributed by atoms with Gasteiger partial charge in [0.05, 0.1) is 30.8 Å². The SMILES string of the molecule is CCOC(=O)c1c(C2CCNCC2)nn(-c2ccc(OC)cc2)c1-c1ccc(C)cc1. The minimum atomic E-state index is -0.314. The Balaban J connectivity index is 1.95. The second kappa shape index (κ2) is 9.35. The molecule has 1 saturated heterocycles. The lowest BCUT2D eigenvalue weighted by molar-refractivity contribution is 0.0525. The van der Waals surface area contributed by atoms with Gasteiger partial charge in [-0.05, 0) is 64.0 Å². The monoisotopic (exact) mass is 419 g/mol. The van der Waals surface area contributed by atoms with Crippen molar-refractivity contribution in [3.8, 4) is 22.7 Å². The molecule has 1 aliphatic heterocycles. The lowest BCUT2D eigenvalue weighted by Crippen LogP contribution is -2.27. The van der Waals surface area contributed by atoms with Crippen LogP contribution >= 0.6 is 0 Å². The molecule has 6 nitrogen and oxygen atoms in total. The van der Waals surface area contributed by atoms with E-state index in [1.807, 2.05) is 48.0 Å². The van der Waals surface area contributed by atoms with Gasteiger partial charge in [0, 0.05) is 11.5 Å². The van der Waals surface area contributed by atoms with Gasteiger partial charge in [-0.2, -0.15) is 5.10 Å². The summed E-state index contributed by atoms with van der Waals surface area (Å²) >= 11 is 0. The number of carbonyl (C=O) groups excluding carboxylic acids is 1. The highest BCUT2D eigenvalue weighted by Gasteiger charge is 2.31. The number of nitrogens with zero attached hydrogens (tertiary/aromatic N) is 2. The van der Waals surface area contributed by atoms with Gasteiger partial charge in [0.15, 0.2) is 0 Å². The molecular weight excluding hydrogens is 390 g/mol. The van der Waals surface area contributed by atoms with E-state index >= 15 is 0 Å². The molecule has 2 aromatic carbocycles. The molecule has 2 heterocycles. The van der Waals surface area contributed by atoms with Gasteiger partial charge in [-0.15, -0.1) is 0 Å². The van der Waals surface area contributed by atoms with E-state index in [4.69, 9.17) is 14.6 Å². The van der Waals surface area contributed by atoms with E-state index in [-0.39, 0.29) is 11.9 Å². The summed E-state index contributed by atoms with van der Waals surface area (Å²) in [5.41, 5.74) is 5.16. The number of aryl methyl sites for hydroxylation is 1. The maximum Gasteiger partial charge on any atom is 0.342 e. The summed E-state index contributed by atoms with van der Waals surface area (Å²) in [4.78, 5) is 13.2. The first kappa shape index (κ1) is 21.1. The lowest BCUT2D eigenvalue weighted by atomic mass is 9.90. The molecule has 4 rings (SSSR count).